The van der Waals surface area contributed by atoms with Gasteiger partial charge in [0.25, 0.3) is 21.8 Å². The van der Waals surface area contributed by atoms with Gasteiger partial charge in [0.1, 0.15) is 5.75 Å². The Kier molecular flexibility index (Phi) is 6.31. The molecule has 0 fully saturated rings. The van der Waals surface area contributed by atoms with Crippen LogP contribution in [0.2, 0.25) is 0 Å². The summed E-state index contributed by atoms with van der Waals surface area (Å²) in [6, 6.07) is 11.8. The number of nitrogens with zero attached hydrogens (tertiary/aromatic N) is 2. The Morgan fingerprint density at radius 2 is 1.68 bits per heavy atom. The summed E-state index contributed by atoms with van der Waals surface area (Å²) < 4.78 is 33.0. The standard InChI is InChI=1S/C19H18N6O5S/c1-30-15-8-3-2-7-14(15)25-31(28,29)13-6-4-5-12(11-13)18(26)23-24-19(27)16-17(20)22-10-9-21-16/h2-11,25H,1H3,(H2,20,22)(H,23,26)(H,24,27). The molecule has 0 aliphatic carbocycles. The number of sulfonamides is 1. The van der Waals surface area contributed by atoms with Crippen LogP contribution in [0, 0.1) is 0 Å². The van der Waals surface area contributed by atoms with E-state index in [4.69, 9.17) is 10.5 Å². The monoisotopic (exact) mass is 442 g/mol. The zero-order chi connectivity index (χ0) is 22.4. The van der Waals surface area contributed by atoms with Gasteiger partial charge in [-0.3, -0.25) is 25.2 Å². The molecule has 0 saturated heterocycles. The quantitative estimate of drug-likeness (QED) is 0.409. The van der Waals surface area contributed by atoms with E-state index in [0.29, 0.717) is 5.75 Å². The van der Waals surface area contributed by atoms with Crippen molar-refractivity contribution >= 4 is 33.3 Å². The number of amides is 2. The summed E-state index contributed by atoms with van der Waals surface area (Å²) >= 11 is 0. The maximum Gasteiger partial charge on any atom is 0.292 e. The molecule has 0 bridgehead atoms. The zero-order valence-corrected chi connectivity index (χ0v) is 17.0. The van der Waals surface area contributed by atoms with E-state index < -0.39 is 21.8 Å². The Morgan fingerprint density at radius 3 is 2.42 bits per heavy atom. The summed E-state index contributed by atoms with van der Waals surface area (Å²) in [5, 5.41) is 0. The van der Waals surface area contributed by atoms with Gasteiger partial charge in [0.15, 0.2) is 11.5 Å². The van der Waals surface area contributed by atoms with Gasteiger partial charge < -0.3 is 10.5 Å². The maximum absolute atomic E-state index is 12.7. The Balaban J connectivity index is 1.74. The molecule has 0 unspecified atom stereocenters. The predicted molar refractivity (Wildman–Crippen MR) is 112 cm³/mol. The first-order chi connectivity index (χ1) is 14.8. The second-order valence-electron chi connectivity index (χ2n) is 6.03. The van der Waals surface area contributed by atoms with Crippen molar-refractivity contribution in [3.8, 4) is 5.75 Å². The number of benzene rings is 2. The van der Waals surface area contributed by atoms with Crippen molar-refractivity contribution in [2.24, 2.45) is 0 Å². The SMILES string of the molecule is COc1ccccc1NS(=O)(=O)c1cccc(C(=O)NNC(=O)c2nccnc2N)c1. The first-order valence-electron chi connectivity index (χ1n) is 8.75. The summed E-state index contributed by atoms with van der Waals surface area (Å²) in [6.45, 7) is 0. The van der Waals surface area contributed by atoms with E-state index in [9.17, 15) is 18.0 Å². The van der Waals surface area contributed by atoms with Gasteiger partial charge in [-0.25, -0.2) is 18.4 Å². The fraction of sp³-hybridized carbons (Fsp3) is 0.0526. The van der Waals surface area contributed by atoms with Crippen molar-refractivity contribution in [3.63, 3.8) is 0 Å². The van der Waals surface area contributed by atoms with Crippen molar-refractivity contribution in [3.05, 3.63) is 72.2 Å². The highest BCUT2D eigenvalue weighted by molar-refractivity contribution is 7.92. The Labute approximate surface area is 177 Å². The second kappa shape index (κ2) is 9.09. The van der Waals surface area contributed by atoms with Crippen LogP contribution in [0.4, 0.5) is 11.5 Å². The number of hydrogen-bond acceptors (Lipinski definition) is 8. The highest BCUT2D eigenvalue weighted by atomic mass is 32.2. The number of nitrogens with one attached hydrogen (secondary N) is 3. The van der Waals surface area contributed by atoms with E-state index in [0.717, 1.165) is 6.07 Å². The molecule has 0 spiro atoms. The number of nitrogen functional groups attached to an aromatic ring is 1. The lowest BCUT2D eigenvalue weighted by Gasteiger charge is -2.12. The third-order valence-electron chi connectivity index (χ3n) is 3.99. The predicted octanol–water partition coefficient (Wildman–Crippen LogP) is 0.943. The first-order valence-corrected chi connectivity index (χ1v) is 10.2. The number of hydrazine groups is 1. The van der Waals surface area contributed by atoms with Crippen LogP contribution in [0.15, 0.2) is 65.8 Å². The molecule has 0 saturated carbocycles. The van der Waals surface area contributed by atoms with Gasteiger partial charge in [-0.15, -0.1) is 0 Å². The molecule has 0 atom stereocenters. The first kappa shape index (κ1) is 21.5. The number of para-hydroxylation sites is 2. The average Bonchev–Trinajstić information content (AvgIpc) is 2.77. The maximum atomic E-state index is 12.7. The van der Waals surface area contributed by atoms with Gasteiger partial charge in [-0.2, -0.15) is 0 Å². The van der Waals surface area contributed by atoms with Crippen LogP contribution >= 0.6 is 0 Å². The molecule has 2 amide bonds. The molecule has 31 heavy (non-hydrogen) atoms. The van der Waals surface area contributed by atoms with E-state index in [-0.39, 0.29) is 27.7 Å². The smallest absolute Gasteiger partial charge is 0.292 e. The van der Waals surface area contributed by atoms with Crippen LogP contribution in [-0.4, -0.2) is 37.3 Å². The van der Waals surface area contributed by atoms with Crippen LogP contribution in [-0.2, 0) is 10.0 Å². The lowest BCUT2D eigenvalue weighted by molar-refractivity contribution is 0.0844. The van der Waals surface area contributed by atoms with Crippen LogP contribution in [0.3, 0.4) is 0 Å². The molecule has 0 aliphatic rings. The largest absolute Gasteiger partial charge is 0.495 e. The van der Waals surface area contributed by atoms with Crippen molar-refractivity contribution < 1.29 is 22.7 Å². The van der Waals surface area contributed by atoms with Gasteiger partial charge in [0.2, 0.25) is 0 Å². The lowest BCUT2D eigenvalue weighted by atomic mass is 10.2. The second-order valence-corrected chi connectivity index (χ2v) is 7.71. The fourth-order valence-corrected chi connectivity index (χ4v) is 3.62. The molecule has 1 heterocycles. The molecule has 2 aromatic carbocycles. The third kappa shape index (κ3) is 5.05. The topological polar surface area (TPSA) is 165 Å². The van der Waals surface area contributed by atoms with E-state index in [1.165, 1.54) is 37.7 Å². The van der Waals surface area contributed by atoms with Crippen molar-refractivity contribution in [1.29, 1.82) is 0 Å². The normalized spacial score (nSPS) is 10.7. The highest BCUT2D eigenvalue weighted by Gasteiger charge is 2.19. The van der Waals surface area contributed by atoms with E-state index in [1.807, 2.05) is 0 Å². The summed E-state index contributed by atoms with van der Waals surface area (Å²) in [5.74, 6) is -1.29. The molecular formula is C19H18N6O5S. The molecule has 3 aromatic rings. The zero-order valence-electron chi connectivity index (χ0n) is 16.2. The van der Waals surface area contributed by atoms with Gasteiger partial charge in [-0.1, -0.05) is 18.2 Å². The molecular weight excluding hydrogens is 424 g/mol. The Morgan fingerprint density at radius 1 is 0.968 bits per heavy atom. The number of carbonyl (C=O) groups excluding carboxylic acids is 2. The van der Waals surface area contributed by atoms with Crippen LogP contribution in [0.25, 0.3) is 0 Å². The minimum atomic E-state index is -4.01. The lowest BCUT2D eigenvalue weighted by Crippen LogP contribution is -2.42. The van der Waals surface area contributed by atoms with E-state index in [1.54, 1.807) is 24.3 Å². The van der Waals surface area contributed by atoms with E-state index in [2.05, 4.69) is 25.5 Å². The van der Waals surface area contributed by atoms with Crippen LogP contribution in [0.5, 0.6) is 5.75 Å². The molecule has 12 heteroatoms. The molecule has 0 radical (unpaired) electrons. The Bertz CT molecular complexity index is 1230. The molecule has 160 valence electrons. The number of methoxy groups -OCH3 is 1. The third-order valence-corrected chi connectivity index (χ3v) is 5.35. The van der Waals surface area contributed by atoms with Crippen molar-refractivity contribution in [2.75, 3.05) is 17.6 Å². The average molecular weight is 442 g/mol. The van der Waals surface area contributed by atoms with Crippen molar-refractivity contribution in [2.45, 2.75) is 4.90 Å². The molecule has 11 nitrogen and oxygen atoms in total. The highest BCUT2D eigenvalue weighted by Crippen LogP contribution is 2.26. The number of hydrogen-bond donors (Lipinski definition) is 4. The number of ether oxygens (including phenoxy) is 1. The van der Waals surface area contributed by atoms with Gasteiger partial charge in [0, 0.05) is 18.0 Å². The molecule has 5 N–H and O–H groups in total. The number of rotatable bonds is 6. The molecule has 3 rings (SSSR count). The Hall–Kier alpha value is -4.19. The summed E-state index contributed by atoms with van der Waals surface area (Å²) in [4.78, 5) is 31.8. The molecule has 0 aliphatic heterocycles. The summed E-state index contributed by atoms with van der Waals surface area (Å²) in [5.41, 5.74) is 9.96. The number of nitrogens with two attached hydrogens (primary N) is 1. The summed E-state index contributed by atoms with van der Waals surface area (Å²) in [6.07, 6.45) is 2.59. The number of carbonyl (C=O) groups is 2. The van der Waals surface area contributed by atoms with Gasteiger partial charge in [0.05, 0.1) is 17.7 Å². The number of anilines is 2. The fourth-order valence-electron chi connectivity index (χ4n) is 2.51. The molecule has 1 aromatic heterocycles. The van der Waals surface area contributed by atoms with Crippen molar-refractivity contribution in [1.82, 2.24) is 20.8 Å². The van der Waals surface area contributed by atoms with Gasteiger partial charge >= 0.3 is 0 Å². The summed E-state index contributed by atoms with van der Waals surface area (Å²) in [7, 11) is -2.60. The number of aromatic nitrogens is 2. The van der Waals surface area contributed by atoms with Crippen LogP contribution in [0.1, 0.15) is 20.8 Å². The van der Waals surface area contributed by atoms with E-state index >= 15 is 0 Å². The van der Waals surface area contributed by atoms with Gasteiger partial charge in [-0.05, 0) is 30.3 Å². The van der Waals surface area contributed by atoms with Crippen LogP contribution < -0.4 is 26.0 Å². The minimum Gasteiger partial charge on any atom is -0.495 e. The minimum absolute atomic E-state index is 0.00433.